The lowest BCUT2D eigenvalue weighted by Gasteiger charge is -1.96. The minimum atomic E-state index is -0.123. The second-order valence-electron chi connectivity index (χ2n) is 2.94. The van der Waals surface area contributed by atoms with Crippen LogP contribution in [-0.4, -0.2) is 20.3 Å². The Morgan fingerprint density at radius 3 is 2.86 bits per heavy atom. The van der Waals surface area contributed by atoms with Gasteiger partial charge < -0.3 is 4.57 Å². The number of hydrogen-bond acceptors (Lipinski definition) is 4. The van der Waals surface area contributed by atoms with E-state index < -0.39 is 0 Å². The van der Waals surface area contributed by atoms with Gasteiger partial charge in [0.25, 0.3) is 0 Å². The molecule has 0 saturated carbocycles. The van der Waals surface area contributed by atoms with Gasteiger partial charge in [0.2, 0.25) is 5.78 Å². The molecule has 0 fully saturated rings. The first-order valence-electron chi connectivity index (χ1n) is 4.12. The highest BCUT2D eigenvalue weighted by Gasteiger charge is 2.15. The number of rotatable bonds is 2. The minimum Gasteiger partial charge on any atom is -0.331 e. The van der Waals surface area contributed by atoms with Crippen molar-refractivity contribution in [3.8, 4) is 0 Å². The fraction of sp³-hybridized carbons (Fsp3) is 0.222. The number of aryl methyl sites for hydroxylation is 2. The van der Waals surface area contributed by atoms with Crippen LogP contribution in [0.15, 0.2) is 17.8 Å². The van der Waals surface area contributed by atoms with Gasteiger partial charge >= 0.3 is 0 Å². The predicted octanol–water partition coefficient (Wildman–Crippen LogP) is 1.42. The van der Waals surface area contributed by atoms with Gasteiger partial charge in [-0.15, -0.1) is 11.3 Å². The first-order valence-corrected chi connectivity index (χ1v) is 5.00. The molecule has 2 aromatic rings. The van der Waals surface area contributed by atoms with Gasteiger partial charge in [-0.05, 0) is 6.92 Å². The standard InChI is InChI=1S/C9H9N3OS/c1-6-11-7(5-14-6)8(13)9-10-3-4-12(9)2/h3-5H,1-2H3. The summed E-state index contributed by atoms with van der Waals surface area (Å²) in [7, 11) is 1.79. The van der Waals surface area contributed by atoms with Gasteiger partial charge in [0.15, 0.2) is 5.82 Å². The first kappa shape index (κ1) is 9.08. The molecule has 14 heavy (non-hydrogen) atoms. The third-order valence-corrected chi connectivity index (χ3v) is 2.65. The molecule has 0 bridgehead atoms. The van der Waals surface area contributed by atoms with Gasteiger partial charge in [-0.3, -0.25) is 4.79 Å². The Morgan fingerprint density at radius 1 is 1.57 bits per heavy atom. The molecule has 0 amide bonds. The summed E-state index contributed by atoms with van der Waals surface area (Å²) in [5.74, 6) is 0.303. The number of nitrogens with zero attached hydrogens (tertiary/aromatic N) is 3. The zero-order chi connectivity index (χ0) is 10.1. The Morgan fingerprint density at radius 2 is 2.36 bits per heavy atom. The van der Waals surface area contributed by atoms with E-state index in [1.54, 1.807) is 29.4 Å². The lowest BCUT2D eigenvalue weighted by Crippen LogP contribution is -2.08. The Hall–Kier alpha value is -1.49. The average Bonchev–Trinajstić information content (AvgIpc) is 2.73. The summed E-state index contributed by atoms with van der Waals surface area (Å²) < 4.78 is 1.69. The molecule has 72 valence electrons. The van der Waals surface area contributed by atoms with Crippen LogP contribution < -0.4 is 0 Å². The van der Waals surface area contributed by atoms with E-state index in [9.17, 15) is 4.79 Å². The van der Waals surface area contributed by atoms with Gasteiger partial charge in [0.1, 0.15) is 5.69 Å². The zero-order valence-corrected chi connectivity index (χ0v) is 8.71. The van der Waals surface area contributed by atoms with E-state index in [1.165, 1.54) is 11.3 Å². The van der Waals surface area contributed by atoms with Crippen LogP contribution in [0.5, 0.6) is 0 Å². The van der Waals surface area contributed by atoms with Crippen LogP contribution in [0.25, 0.3) is 0 Å². The first-order chi connectivity index (χ1) is 6.68. The minimum absolute atomic E-state index is 0.123. The predicted molar refractivity (Wildman–Crippen MR) is 53.5 cm³/mol. The average molecular weight is 207 g/mol. The van der Waals surface area contributed by atoms with Crippen molar-refractivity contribution < 1.29 is 4.79 Å². The summed E-state index contributed by atoms with van der Waals surface area (Å²) in [6.45, 7) is 1.87. The van der Waals surface area contributed by atoms with Crippen LogP contribution in [0.3, 0.4) is 0 Å². The highest BCUT2D eigenvalue weighted by Crippen LogP contribution is 2.11. The number of ketones is 1. The Balaban J connectivity index is 2.38. The highest BCUT2D eigenvalue weighted by molar-refractivity contribution is 7.09. The highest BCUT2D eigenvalue weighted by atomic mass is 32.1. The smallest absolute Gasteiger partial charge is 0.247 e. The molecular formula is C9H9N3OS. The quantitative estimate of drug-likeness (QED) is 0.700. The molecule has 0 spiro atoms. The number of hydrogen-bond donors (Lipinski definition) is 0. The number of thiazole rings is 1. The van der Waals surface area contributed by atoms with Gasteiger partial charge in [0, 0.05) is 24.8 Å². The third-order valence-electron chi connectivity index (χ3n) is 1.88. The van der Waals surface area contributed by atoms with E-state index in [2.05, 4.69) is 9.97 Å². The molecule has 0 aliphatic carbocycles. The topological polar surface area (TPSA) is 47.8 Å². The molecule has 2 heterocycles. The number of imidazole rings is 1. The third kappa shape index (κ3) is 1.46. The van der Waals surface area contributed by atoms with Crippen molar-refractivity contribution in [1.82, 2.24) is 14.5 Å². The van der Waals surface area contributed by atoms with Crippen molar-refractivity contribution >= 4 is 17.1 Å². The van der Waals surface area contributed by atoms with Crippen molar-refractivity contribution in [2.24, 2.45) is 7.05 Å². The van der Waals surface area contributed by atoms with Crippen molar-refractivity contribution in [2.45, 2.75) is 6.92 Å². The maximum atomic E-state index is 11.8. The van der Waals surface area contributed by atoms with Crippen LogP contribution in [-0.2, 0) is 7.05 Å². The molecule has 0 N–H and O–H groups in total. The molecule has 0 aromatic carbocycles. The largest absolute Gasteiger partial charge is 0.331 e. The molecule has 0 aliphatic heterocycles. The molecule has 5 heteroatoms. The van der Waals surface area contributed by atoms with Crippen molar-refractivity contribution in [3.63, 3.8) is 0 Å². The Labute approximate surface area is 85.2 Å². The van der Waals surface area contributed by atoms with E-state index in [0.717, 1.165) is 5.01 Å². The molecule has 2 aromatic heterocycles. The second-order valence-corrected chi connectivity index (χ2v) is 4.00. The molecule has 0 radical (unpaired) electrons. The maximum absolute atomic E-state index is 11.8. The zero-order valence-electron chi connectivity index (χ0n) is 7.89. The Bertz CT molecular complexity index is 472. The van der Waals surface area contributed by atoms with Gasteiger partial charge in [0.05, 0.1) is 5.01 Å². The van der Waals surface area contributed by atoms with Crippen LogP contribution in [0, 0.1) is 6.92 Å². The van der Waals surface area contributed by atoms with E-state index in [4.69, 9.17) is 0 Å². The molecule has 0 saturated heterocycles. The normalized spacial score (nSPS) is 10.4. The lowest BCUT2D eigenvalue weighted by atomic mass is 10.3. The molecule has 0 unspecified atom stereocenters. The van der Waals surface area contributed by atoms with E-state index in [-0.39, 0.29) is 5.78 Å². The summed E-state index contributed by atoms with van der Waals surface area (Å²) in [5.41, 5.74) is 0.474. The van der Waals surface area contributed by atoms with Crippen molar-refractivity contribution in [2.75, 3.05) is 0 Å². The molecular weight excluding hydrogens is 198 g/mol. The fourth-order valence-electron chi connectivity index (χ4n) is 1.17. The number of carbonyl (C=O) groups excluding carboxylic acids is 1. The van der Waals surface area contributed by atoms with Crippen molar-refractivity contribution in [1.29, 1.82) is 0 Å². The number of carbonyl (C=O) groups is 1. The molecule has 0 atom stereocenters. The van der Waals surface area contributed by atoms with Crippen LogP contribution in [0.1, 0.15) is 21.3 Å². The fourth-order valence-corrected chi connectivity index (χ4v) is 1.76. The summed E-state index contributed by atoms with van der Waals surface area (Å²) in [6.07, 6.45) is 3.35. The monoisotopic (exact) mass is 207 g/mol. The van der Waals surface area contributed by atoms with Gasteiger partial charge in [-0.1, -0.05) is 0 Å². The molecule has 2 rings (SSSR count). The van der Waals surface area contributed by atoms with Crippen LogP contribution in [0.2, 0.25) is 0 Å². The summed E-state index contributed by atoms with van der Waals surface area (Å²) in [4.78, 5) is 19.9. The van der Waals surface area contributed by atoms with Crippen molar-refractivity contribution in [3.05, 3.63) is 34.3 Å². The lowest BCUT2D eigenvalue weighted by molar-refractivity contribution is 0.102. The van der Waals surface area contributed by atoms with Crippen LogP contribution in [0.4, 0.5) is 0 Å². The van der Waals surface area contributed by atoms with E-state index >= 15 is 0 Å². The van der Waals surface area contributed by atoms with Crippen LogP contribution >= 0.6 is 11.3 Å². The summed E-state index contributed by atoms with van der Waals surface area (Å²) in [6, 6.07) is 0. The Kier molecular flexibility index (Phi) is 2.17. The summed E-state index contributed by atoms with van der Waals surface area (Å²) >= 11 is 1.47. The summed E-state index contributed by atoms with van der Waals surface area (Å²) in [5, 5.41) is 2.65. The maximum Gasteiger partial charge on any atom is 0.247 e. The van der Waals surface area contributed by atoms with Gasteiger partial charge in [-0.25, -0.2) is 9.97 Å². The molecule has 4 nitrogen and oxygen atoms in total. The van der Waals surface area contributed by atoms with E-state index in [0.29, 0.717) is 11.5 Å². The van der Waals surface area contributed by atoms with E-state index in [1.807, 2.05) is 6.92 Å². The molecule has 0 aliphatic rings. The number of aromatic nitrogens is 3. The van der Waals surface area contributed by atoms with Gasteiger partial charge in [-0.2, -0.15) is 0 Å². The second kappa shape index (κ2) is 3.34. The SMILES string of the molecule is Cc1nc(C(=O)c2nccn2C)cs1.